The molecule has 47 heavy (non-hydrogen) atoms. The third-order valence-electron chi connectivity index (χ3n) is 7.82. The molecule has 0 unspecified atom stereocenters. The zero-order valence-corrected chi connectivity index (χ0v) is 27.3. The van der Waals surface area contributed by atoms with Crippen LogP contribution in [0.5, 0.6) is 0 Å². The number of hydrogen-bond acceptors (Lipinski definition) is 4. The molecule has 0 aliphatic carbocycles. The van der Waals surface area contributed by atoms with Gasteiger partial charge >= 0.3 is 6.18 Å². The van der Waals surface area contributed by atoms with E-state index in [-0.39, 0.29) is 29.6 Å². The summed E-state index contributed by atoms with van der Waals surface area (Å²) in [5.41, 5.74) is 0.822. The fraction of sp³-hybridized carbons (Fsp3) is 0.278. The Labute approximate surface area is 274 Å². The molecular weight excluding hydrogens is 627 g/mol. The van der Waals surface area contributed by atoms with Gasteiger partial charge in [0, 0.05) is 19.0 Å². The maximum Gasteiger partial charge on any atom is 0.416 e. The van der Waals surface area contributed by atoms with E-state index in [0.717, 1.165) is 23.3 Å². The fourth-order valence-electron chi connectivity index (χ4n) is 4.98. The molecule has 0 saturated heterocycles. The predicted octanol–water partition coefficient (Wildman–Crippen LogP) is 6.76. The van der Waals surface area contributed by atoms with Crippen LogP contribution in [-0.4, -0.2) is 43.8 Å². The van der Waals surface area contributed by atoms with Crippen LogP contribution < -0.4 is 9.62 Å². The molecule has 4 rings (SSSR count). The number of carbonyl (C=O) groups excluding carboxylic acids is 2. The molecule has 11 heteroatoms. The minimum absolute atomic E-state index is 0.0495. The molecule has 0 aliphatic rings. The van der Waals surface area contributed by atoms with E-state index in [4.69, 9.17) is 0 Å². The number of amides is 2. The molecule has 0 spiro atoms. The van der Waals surface area contributed by atoms with Gasteiger partial charge in [0.05, 0.1) is 16.1 Å². The number of rotatable bonds is 13. The highest BCUT2D eigenvalue weighted by atomic mass is 32.2. The Kier molecular flexibility index (Phi) is 11.5. The third kappa shape index (κ3) is 9.22. The summed E-state index contributed by atoms with van der Waals surface area (Å²) in [4.78, 5) is 29.4. The first-order valence-corrected chi connectivity index (χ1v) is 16.7. The lowest BCUT2D eigenvalue weighted by atomic mass is 10.0. The van der Waals surface area contributed by atoms with Crippen LogP contribution in [0.1, 0.15) is 42.5 Å². The topological polar surface area (TPSA) is 86.8 Å². The predicted molar refractivity (Wildman–Crippen MR) is 176 cm³/mol. The van der Waals surface area contributed by atoms with Crippen LogP contribution >= 0.6 is 0 Å². The minimum atomic E-state index is -4.76. The molecule has 0 aromatic heterocycles. The van der Waals surface area contributed by atoms with Crippen LogP contribution in [0.4, 0.5) is 18.9 Å². The number of halogens is 3. The van der Waals surface area contributed by atoms with E-state index in [1.165, 1.54) is 23.1 Å². The van der Waals surface area contributed by atoms with Crippen LogP contribution in [0.3, 0.4) is 0 Å². The number of benzene rings is 4. The molecule has 0 fully saturated rings. The molecule has 4 aromatic rings. The lowest BCUT2D eigenvalue weighted by Gasteiger charge is -2.34. The normalized spacial score (nSPS) is 13.0. The molecule has 0 heterocycles. The van der Waals surface area contributed by atoms with Gasteiger partial charge in [-0.3, -0.25) is 13.9 Å². The highest BCUT2D eigenvalue weighted by molar-refractivity contribution is 7.92. The van der Waals surface area contributed by atoms with Gasteiger partial charge in [-0.15, -0.1) is 0 Å². The number of anilines is 1. The first kappa shape index (κ1) is 35.2. The molecule has 0 aliphatic heterocycles. The number of aryl methyl sites for hydroxylation is 1. The zero-order chi connectivity index (χ0) is 34.2. The second-order valence-corrected chi connectivity index (χ2v) is 13.3. The second kappa shape index (κ2) is 15.3. The van der Waals surface area contributed by atoms with Gasteiger partial charge in [-0.25, -0.2) is 8.42 Å². The largest absolute Gasteiger partial charge is 0.416 e. The Balaban J connectivity index is 1.83. The van der Waals surface area contributed by atoms with Crippen molar-refractivity contribution in [3.05, 3.63) is 131 Å². The van der Waals surface area contributed by atoms with E-state index >= 15 is 0 Å². The maximum absolute atomic E-state index is 14.5. The van der Waals surface area contributed by atoms with Gasteiger partial charge in [-0.1, -0.05) is 91.3 Å². The van der Waals surface area contributed by atoms with E-state index in [0.29, 0.717) is 22.4 Å². The number of sulfonamides is 1. The SMILES string of the molecule is CC[C@H](C)NC(=O)[C@H](Cc1ccccc1)N(Cc1ccccc1)C(=O)CN(c1cccc(C(F)(F)F)c1)S(=O)(=O)c1ccc(C)cc1. The molecule has 0 saturated carbocycles. The molecule has 4 aromatic carbocycles. The summed E-state index contributed by atoms with van der Waals surface area (Å²) in [5.74, 6) is -1.19. The lowest BCUT2D eigenvalue weighted by Crippen LogP contribution is -2.54. The molecule has 2 amide bonds. The second-order valence-electron chi connectivity index (χ2n) is 11.4. The van der Waals surface area contributed by atoms with Gasteiger partial charge < -0.3 is 10.2 Å². The molecule has 0 bridgehead atoms. The fourth-order valence-corrected chi connectivity index (χ4v) is 6.38. The first-order valence-electron chi connectivity index (χ1n) is 15.2. The maximum atomic E-state index is 14.5. The van der Waals surface area contributed by atoms with E-state index in [1.54, 1.807) is 49.4 Å². The van der Waals surface area contributed by atoms with Crippen LogP contribution in [-0.2, 0) is 38.8 Å². The average molecular weight is 666 g/mol. The van der Waals surface area contributed by atoms with Crippen molar-refractivity contribution in [3.63, 3.8) is 0 Å². The lowest BCUT2D eigenvalue weighted by molar-refractivity contribution is -0.140. The molecule has 2 atom stereocenters. The number of nitrogens with zero attached hydrogens (tertiary/aromatic N) is 2. The van der Waals surface area contributed by atoms with E-state index < -0.39 is 46.2 Å². The van der Waals surface area contributed by atoms with E-state index in [2.05, 4.69) is 5.32 Å². The molecule has 1 N–H and O–H groups in total. The van der Waals surface area contributed by atoms with Crippen molar-refractivity contribution in [2.24, 2.45) is 0 Å². The number of carbonyl (C=O) groups is 2. The Bertz CT molecular complexity index is 1750. The van der Waals surface area contributed by atoms with Crippen molar-refractivity contribution in [2.75, 3.05) is 10.8 Å². The molecule has 248 valence electrons. The summed E-state index contributed by atoms with van der Waals surface area (Å²) in [5, 5.41) is 2.95. The first-order chi connectivity index (χ1) is 22.3. The highest BCUT2D eigenvalue weighted by Crippen LogP contribution is 2.33. The van der Waals surface area contributed by atoms with Crippen molar-refractivity contribution >= 4 is 27.5 Å². The summed E-state index contributed by atoms with van der Waals surface area (Å²) in [6, 6.07) is 26.4. The standard InChI is InChI=1S/C36H38F3N3O4S/c1-4-27(3)40-35(44)33(22-28-12-7-5-8-13-28)41(24-29-14-9-6-10-15-29)34(43)25-42(31-17-11-16-30(23-31)36(37,38)39)47(45,46)32-20-18-26(2)19-21-32/h5-21,23,27,33H,4,22,24-25H2,1-3H3,(H,40,44)/t27-,33-/m0/s1. The van der Waals surface area contributed by atoms with Crippen molar-refractivity contribution < 1.29 is 31.2 Å². The monoisotopic (exact) mass is 665 g/mol. The van der Waals surface area contributed by atoms with Crippen molar-refractivity contribution in [1.29, 1.82) is 0 Å². The zero-order valence-electron chi connectivity index (χ0n) is 26.4. The minimum Gasteiger partial charge on any atom is -0.352 e. The van der Waals surface area contributed by atoms with E-state index in [9.17, 15) is 31.2 Å². The van der Waals surface area contributed by atoms with Crippen LogP contribution in [0, 0.1) is 6.92 Å². The summed E-state index contributed by atoms with van der Waals surface area (Å²) in [7, 11) is -4.54. The Morgan fingerprint density at radius 3 is 2.00 bits per heavy atom. The van der Waals surface area contributed by atoms with Gasteiger partial charge in [0.1, 0.15) is 12.6 Å². The number of nitrogens with one attached hydrogen (secondary N) is 1. The Morgan fingerprint density at radius 2 is 1.43 bits per heavy atom. The summed E-state index contributed by atoms with van der Waals surface area (Å²) in [6.45, 7) is 4.61. The number of alkyl halides is 3. The van der Waals surface area contributed by atoms with Gasteiger partial charge in [0.15, 0.2) is 0 Å². The third-order valence-corrected chi connectivity index (χ3v) is 9.61. The summed E-state index contributed by atoms with van der Waals surface area (Å²) in [6.07, 6.45) is -4.00. The van der Waals surface area contributed by atoms with Crippen LogP contribution in [0.2, 0.25) is 0 Å². The van der Waals surface area contributed by atoms with Crippen LogP contribution in [0.15, 0.2) is 114 Å². The van der Waals surface area contributed by atoms with Gasteiger partial charge in [-0.2, -0.15) is 13.2 Å². The van der Waals surface area contributed by atoms with Gasteiger partial charge in [0.2, 0.25) is 11.8 Å². The van der Waals surface area contributed by atoms with E-state index in [1.807, 2.05) is 44.2 Å². The van der Waals surface area contributed by atoms with Crippen molar-refractivity contribution in [3.8, 4) is 0 Å². The smallest absolute Gasteiger partial charge is 0.352 e. The van der Waals surface area contributed by atoms with Crippen LogP contribution in [0.25, 0.3) is 0 Å². The molecule has 7 nitrogen and oxygen atoms in total. The Hall–Kier alpha value is -4.64. The Morgan fingerprint density at radius 1 is 0.830 bits per heavy atom. The van der Waals surface area contributed by atoms with Crippen molar-refractivity contribution in [2.45, 2.75) is 63.3 Å². The average Bonchev–Trinajstić information content (AvgIpc) is 3.05. The van der Waals surface area contributed by atoms with Crippen molar-refractivity contribution in [1.82, 2.24) is 10.2 Å². The quantitative estimate of drug-likeness (QED) is 0.171. The number of hydrogen-bond donors (Lipinski definition) is 1. The molecule has 0 radical (unpaired) electrons. The molecular formula is C36H38F3N3O4S. The van der Waals surface area contributed by atoms with Gasteiger partial charge in [-0.05, 0) is 61.7 Å². The summed E-state index contributed by atoms with van der Waals surface area (Å²) >= 11 is 0. The summed E-state index contributed by atoms with van der Waals surface area (Å²) < 4.78 is 70.2. The van der Waals surface area contributed by atoms with Gasteiger partial charge in [0.25, 0.3) is 10.0 Å². The highest BCUT2D eigenvalue weighted by Gasteiger charge is 2.36.